The fraction of sp³-hybridized carbons (Fsp3) is 0.150. The molecule has 1 amide bonds. The zero-order valence-corrected chi connectivity index (χ0v) is 15.1. The molecule has 0 aliphatic carbocycles. The van der Waals surface area contributed by atoms with E-state index in [4.69, 9.17) is 4.74 Å². The van der Waals surface area contributed by atoms with Gasteiger partial charge in [0.15, 0.2) is 0 Å². The van der Waals surface area contributed by atoms with Crippen molar-refractivity contribution in [3.05, 3.63) is 60.2 Å². The maximum Gasteiger partial charge on any atom is 0.265 e. The molecule has 2 aliphatic heterocycles. The lowest BCUT2D eigenvalue weighted by atomic mass is 10.1. The van der Waals surface area contributed by atoms with Crippen molar-refractivity contribution in [1.29, 1.82) is 0 Å². The maximum atomic E-state index is 12.9. The lowest BCUT2D eigenvalue weighted by Gasteiger charge is -2.18. The molecule has 5 rings (SSSR count). The highest BCUT2D eigenvalue weighted by Gasteiger charge is 2.36. The van der Waals surface area contributed by atoms with Gasteiger partial charge in [-0.05, 0) is 41.3 Å². The zero-order valence-electron chi connectivity index (χ0n) is 14.3. The Labute approximate surface area is 156 Å². The SMILES string of the molecule is O=C(CN1c2cccc3cccc(c23)S1(=O)=O)Nc1ccc2c(c1)CCO2. The summed E-state index contributed by atoms with van der Waals surface area (Å²) >= 11 is 0. The summed E-state index contributed by atoms with van der Waals surface area (Å²) in [6.07, 6.45) is 0.802. The number of ether oxygens (including phenoxy) is 1. The Morgan fingerprint density at radius 3 is 2.78 bits per heavy atom. The number of nitrogens with one attached hydrogen (secondary N) is 1. The van der Waals surface area contributed by atoms with Crippen LogP contribution in [0.5, 0.6) is 5.75 Å². The van der Waals surface area contributed by atoms with E-state index in [1.165, 1.54) is 4.31 Å². The summed E-state index contributed by atoms with van der Waals surface area (Å²) in [4.78, 5) is 12.8. The van der Waals surface area contributed by atoms with Crippen molar-refractivity contribution in [3.63, 3.8) is 0 Å². The number of hydrogen-bond donors (Lipinski definition) is 1. The number of anilines is 2. The van der Waals surface area contributed by atoms with Crippen LogP contribution >= 0.6 is 0 Å². The fourth-order valence-corrected chi connectivity index (χ4v) is 5.39. The molecular formula is C20H16N2O4S. The minimum absolute atomic E-state index is 0.248. The van der Waals surface area contributed by atoms with Gasteiger partial charge in [0.05, 0.1) is 17.2 Å². The Kier molecular flexibility index (Phi) is 3.42. The third kappa shape index (κ3) is 2.46. The topological polar surface area (TPSA) is 75.7 Å². The van der Waals surface area contributed by atoms with E-state index in [1.807, 2.05) is 24.3 Å². The van der Waals surface area contributed by atoms with Gasteiger partial charge < -0.3 is 10.1 Å². The molecule has 0 fully saturated rings. The van der Waals surface area contributed by atoms with Crippen molar-refractivity contribution in [2.45, 2.75) is 11.3 Å². The molecule has 2 aliphatic rings. The second kappa shape index (κ2) is 5.72. The van der Waals surface area contributed by atoms with E-state index in [0.29, 0.717) is 23.4 Å². The van der Waals surface area contributed by atoms with Crippen LogP contribution in [0.15, 0.2) is 59.5 Å². The number of carbonyl (C=O) groups excluding carboxylic acids is 1. The smallest absolute Gasteiger partial charge is 0.265 e. The van der Waals surface area contributed by atoms with E-state index in [1.54, 1.807) is 30.3 Å². The Morgan fingerprint density at radius 1 is 1.11 bits per heavy atom. The maximum absolute atomic E-state index is 12.9. The number of amides is 1. The molecule has 3 aromatic carbocycles. The van der Waals surface area contributed by atoms with Gasteiger partial charge in [-0.15, -0.1) is 0 Å². The zero-order chi connectivity index (χ0) is 18.6. The third-order valence-corrected chi connectivity index (χ3v) is 6.74. The molecule has 3 aromatic rings. The third-order valence-electron chi connectivity index (χ3n) is 4.94. The predicted octanol–water partition coefficient (Wildman–Crippen LogP) is 2.92. The second-order valence-corrected chi connectivity index (χ2v) is 8.44. The molecule has 0 bridgehead atoms. The Balaban J connectivity index is 1.44. The molecule has 0 saturated heterocycles. The monoisotopic (exact) mass is 380 g/mol. The standard InChI is InChI=1S/C20H16N2O4S/c23-19(21-15-7-8-17-14(11-15)9-10-26-17)12-22-16-5-1-3-13-4-2-6-18(20(13)16)27(22,24)25/h1-8,11H,9-10,12H2,(H,21,23). The van der Waals surface area contributed by atoms with Gasteiger partial charge in [0, 0.05) is 17.5 Å². The van der Waals surface area contributed by atoms with Crippen LogP contribution in [0.25, 0.3) is 10.8 Å². The first-order chi connectivity index (χ1) is 13.0. The molecule has 0 saturated carbocycles. The molecule has 7 heteroatoms. The van der Waals surface area contributed by atoms with Crippen LogP contribution in [0.1, 0.15) is 5.56 Å². The number of rotatable bonds is 3. The number of benzene rings is 3. The average Bonchev–Trinajstić information content (AvgIpc) is 3.20. The molecule has 0 spiro atoms. The van der Waals surface area contributed by atoms with Gasteiger partial charge in [0.1, 0.15) is 12.3 Å². The van der Waals surface area contributed by atoms with E-state index in [9.17, 15) is 13.2 Å². The number of nitrogens with zero attached hydrogens (tertiary/aromatic N) is 1. The molecule has 0 unspecified atom stereocenters. The van der Waals surface area contributed by atoms with Crippen LogP contribution in [-0.2, 0) is 21.2 Å². The largest absolute Gasteiger partial charge is 0.493 e. The summed E-state index contributed by atoms with van der Waals surface area (Å²) in [6.45, 7) is 0.366. The van der Waals surface area contributed by atoms with Crippen LogP contribution in [0.4, 0.5) is 11.4 Å². The number of sulfonamides is 1. The first-order valence-corrected chi connectivity index (χ1v) is 10.1. The van der Waals surface area contributed by atoms with Crippen molar-refractivity contribution in [2.24, 2.45) is 0 Å². The van der Waals surface area contributed by atoms with Crippen LogP contribution in [0.3, 0.4) is 0 Å². The van der Waals surface area contributed by atoms with Crippen LogP contribution in [0.2, 0.25) is 0 Å². The highest BCUT2D eigenvalue weighted by Crippen LogP contribution is 2.41. The molecule has 1 N–H and O–H groups in total. The Bertz CT molecular complexity index is 1200. The lowest BCUT2D eigenvalue weighted by molar-refractivity contribution is -0.114. The molecule has 27 heavy (non-hydrogen) atoms. The van der Waals surface area contributed by atoms with Gasteiger partial charge in [-0.3, -0.25) is 9.10 Å². The number of fused-ring (bicyclic) bond motifs is 1. The highest BCUT2D eigenvalue weighted by molar-refractivity contribution is 7.93. The minimum Gasteiger partial charge on any atom is -0.493 e. The molecular weight excluding hydrogens is 364 g/mol. The lowest BCUT2D eigenvalue weighted by Crippen LogP contribution is -2.35. The van der Waals surface area contributed by atoms with Crippen molar-refractivity contribution in [3.8, 4) is 5.75 Å². The van der Waals surface area contributed by atoms with Crippen molar-refractivity contribution in [2.75, 3.05) is 22.8 Å². The Hall–Kier alpha value is -3.06. The summed E-state index contributed by atoms with van der Waals surface area (Å²) in [5, 5.41) is 4.31. The van der Waals surface area contributed by atoms with Gasteiger partial charge in [0.2, 0.25) is 5.91 Å². The summed E-state index contributed by atoms with van der Waals surface area (Å²) in [6, 6.07) is 16.0. The van der Waals surface area contributed by atoms with Gasteiger partial charge in [-0.25, -0.2) is 8.42 Å². The fourth-order valence-electron chi connectivity index (χ4n) is 3.72. The summed E-state index contributed by atoms with van der Waals surface area (Å²) in [7, 11) is -3.74. The highest BCUT2D eigenvalue weighted by atomic mass is 32.2. The Morgan fingerprint density at radius 2 is 1.93 bits per heavy atom. The van der Waals surface area contributed by atoms with E-state index in [2.05, 4.69) is 5.32 Å². The van der Waals surface area contributed by atoms with Gasteiger partial charge >= 0.3 is 0 Å². The first kappa shape index (κ1) is 16.1. The van der Waals surface area contributed by atoms with Crippen molar-refractivity contribution in [1.82, 2.24) is 0 Å². The van der Waals surface area contributed by atoms with E-state index < -0.39 is 10.0 Å². The minimum atomic E-state index is -3.74. The average molecular weight is 380 g/mol. The van der Waals surface area contributed by atoms with Gasteiger partial charge in [-0.1, -0.05) is 24.3 Å². The van der Waals surface area contributed by atoms with Gasteiger partial charge in [-0.2, -0.15) is 0 Å². The second-order valence-electron chi connectivity index (χ2n) is 6.61. The van der Waals surface area contributed by atoms with Crippen LogP contribution in [0, 0.1) is 0 Å². The number of hydrogen-bond acceptors (Lipinski definition) is 4. The molecule has 0 aromatic heterocycles. The molecule has 6 nitrogen and oxygen atoms in total. The molecule has 136 valence electrons. The van der Waals surface area contributed by atoms with Gasteiger partial charge in [0.25, 0.3) is 10.0 Å². The van der Waals surface area contributed by atoms with E-state index in [-0.39, 0.29) is 17.3 Å². The molecule has 0 atom stereocenters. The molecule has 0 radical (unpaired) electrons. The van der Waals surface area contributed by atoms with E-state index in [0.717, 1.165) is 23.1 Å². The summed E-state index contributed by atoms with van der Waals surface area (Å²) in [5.41, 5.74) is 2.22. The van der Waals surface area contributed by atoms with Crippen LogP contribution in [-0.4, -0.2) is 27.5 Å². The van der Waals surface area contributed by atoms with Crippen LogP contribution < -0.4 is 14.4 Å². The van der Waals surface area contributed by atoms with Crippen molar-refractivity contribution >= 4 is 38.1 Å². The normalized spacial score (nSPS) is 16.2. The van der Waals surface area contributed by atoms with E-state index >= 15 is 0 Å². The summed E-state index contributed by atoms with van der Waals surface area (Å²) in [5.74, 6) is 0.444. The quantitative estimate of drug-likeness (QED) is 0.758. The summed E-state index contributed by atoms with van der Waals surface area (Å²) < 4.78 is 32.5. The predicted molar refractivity (Wildman–Crippen MR) is 103 cm³/mol. The molecule has 2 heterocycles. The van der Waals surface area contributed by atoms with Crippen molar-refractivity contribution < 1.29 is 17.9 Å². The number of carbonyl (C=O) groups is 1. The first-order valence-electron chi connectivity index (χ1n) is 8.64.